The van der Waals surface area contributed by atoms with Crippen LogP contribution in [0, 0.1) is 12.8 Å². The molecule has 0 aliphatic carbocycles. The van der Waals surface area contributed by atoms with Crippen molar-refractivity contribution in [3.05, 3.63) is 11.9 Å². The molecule has 0 saturated carbocycles. The van der Waals surface area contributed by atoms with Crippen LogP contribution in [0.2, 0.25) is 0 Å². The Morgan fingerprint density at radius 3 is 2.60 bits per heavy atom. The van der Waals surface area contributed by atoms with E-state index in [1.165, 1.54) is 0 Å². The van der Waals surface area contributed by atoms with E-state index in [1.807, 2.05) is 13.0 Å². The van der Waals surface area contributed by atoms with Crippen molar-refractivity contribution in [3.63, 3.8) is 0 Å². The van der Waals surface area contributed by atoms with Gasteiger partial charge in [-0.3, -0.25) is 4.90 Å². The molecule has 1 atom stereocenters. The van der Waals surface area contributed by atoms with Crippen molar-refractivity contribution >= 4 is 5.82 Å². The Morgan fingerprint density at radius 1 is 1.30 bits per heavy atom. The first-order valence-electron chi connectivity index (χ1n) is 7.19. The Balaban J connectivity index is 1.95. The Morgan fingerprint density at radius 2 is 2.00 bits per heavy atom. The standard InChI is InChI=1S/C14H25N5O/c1-11(9-15)10-18-4-6-19(7-5-18)13-8-14(20-3)17-12(2)16-13/h8,11H,4-7,9-10,15H2,1-3H3. The SMILES string of the molecule is COc1cc(N2CCN(CC(C)CN)CC2)nc(C)n1. The van der Waals surface area contributed by atoms with Gasteiger partial charge in [0.25, 0.3) is 0 Å². The smallest absolute Gasteiger partial charge is 0.218 e. The molecule has 1 saturated heterocycles. The second-order valence-corrected chi connectivity index (χ2v) is 5.44. The van der Waals surface area contributed by atoms with E-state index < -0.39 is 0 Å². The van der Waals surface area contributed by atoms with Crippen LogP contribution in [0.5, 0.6) is 5.88 Å². The lowest BCUT2D eigenvalue weighted by Crippen LogP contribution is -2.48. The van der Waals surface area contributed by atoms with Crippen LogP contribution in [0.15, 0.2) is 6.07 Å². The average Bonchev–Trinajstić information content (AvgIpc) is 2.47. The topological polar surface area (TPSA) is 67.5 Å². The lowest BCUT2D eigenvalue weighted by Gasteiger charge is -2.36. The number of aromatic nitrogens is 2. The highest BCUT2D eigenvalue weighted by Gasteiger charge is 2.20. The number of methoxy groups -OCH3 is 1. The van der Waals surface area contributed by atoms with E-state index in [-0.39, 0.29) is 0 Å². The summed E-state index contributed by atoms with van der Waals surface area (Å²) in [5.74, 6) is 2.90. The summed E-state index contributed by atoms with van der Waals surface area (Å²) in [6.07, 6.45) is 0. The van der Waals surface area contributed by atoms with Gasteiger partial charge in [-0.05, 0) is 19.4 Å². The molecule has 1 unspecified atom stereocenters. The molecular weight excluding hydrogens is 254 g/mol. The normalized spacial score (nSPS) is 18.1. The predicted octanol–water partition coefficient (Wildman–Crippen LogP) is 0.510. The molecule has 20 heavy (non-hydrogen) atoms. The van der Waals surface area contributed by atoms with Crippen LogP contribution >= 0.6 is 0 Å². The van der Waals surface area contributed by atoms with Gasteiger partial charge in [0.05, 0.1) is 7.11 Å². The first-order valence-corrected chi connectivity index (χ1v) is 7.19. The Bertz CT molecular complexity index is 432. The molecule has 0 amide bonds. The van der Waals surface area contributed by atoms with Crippen LogP contribution in [-0.4, -0.2) is 61.2 Å². The molecule has 0 aromatic carbocycles. The number of ether oxygens (including phenoxy) is 1. The largest absolute Gasteiger partial charge is 0.481 e. The molecule has 2 N–H and O–H groups in total. The van der Waals surface area contributed by atoms with E-state index in [1.54, 1.807) is 7.11 Å². The maximum absolute atomic E-state index is 5.69. The monoisotopic (exact) mass is 279 g/mol. The molecule has 1 aromatic heterocycles. The second-order valence-electron chi connectivity index (χ2n) is 5.44. The van der Waals surface area contributed by atoms with Crippen LogP contribution in [0.4, 0.5) is 5.82 Å². The molecule has 2 heterocycles. The quantitative estimate of drug-likeness (QED) is 0.847. The van der Waals surface area contributed by atoms with Gasteiger partial charge in [0.2, 0.25) is 5.88 Å². The molecule has 6 nitrogen and oxygen atoms in total. The maximum atomic E-state index is 5.69. The Hall–Kier alpha value is -1.40. The zero-order chi connectivity index (χ0) is 14.5. The van der Waals surface area contributed by atoms with Gasteiger partial charge >= 0.3 is 0 Å². The van der Waals surface area contributed by atoms with Crippen LogP contribution in [0.3, 0.4) is 0 Å². The molecule has 2 rings (SSSR count). The summed E-state index contributed by atoms with van der Waals surface area (Å²) in [7, 11) is 1.64. The lowest BCUT2D eigenvalue weighted by molar-refractivity contribution is 0.226. The number of piperazine rings is 1. The zero-order valence-corrected chi connectivity index (χ0v) is 12.7. The van der Waals surface area contributed by atoms with E-state index in [4.69, 9.17) is 10.5 Å². The number of anilines is 1. The number of hydrogen-bond acceptors (Lipinski definition) is 6. The molecule has 6 heteroatoms. The van der Waals surface area contributed by atoms with Crippen molar-refractivity contribution in [2.24, 2.45) is 11.7 Å². The van der Waals surface area contributed by atoms with Gasteiger partial charge in [-0.25, -0.2) is 4.98 Å². The summed E-state index contributed by atoms with van der Waals surface area (Å²) in [4.78, 5) is 13.5. The average molecular weight is 279 g/mol. The van der Waals surface area contributed by atoms with Gasteiger partial charge in [-0.2, -0.15) is 4.98 Å². The molecule has 0 spiro atoms. The molecule has 0 radical (unpaired) electrons. The summed E-state index contributed by atoms with van der Waals surface area (Å²) in [6.45, 7) is 9.99. The third kappa shape index (κ3) is 3.80. The third-order valence-corrected chi connectivity index (χ3v) is 3.68. The molecule has 0 bridgehead atoms. The molecule has 1 fully saturated rings. The van der Waals surface area contributed by atoms with Crippen molar-refractivity contribution in [1.29, 1.82) is 0 Å². The summed E-state index contributed by atoms with van der Waals surface area (Å²) in [6, 6.07) is 1.91. The van der Waals surface area contributed by atoms with Crippen molar-refractivity contribution in [3.8, 4) is 5.88 Å². The Labute approximate surface area is 120 Å². The predicted molar refractivity (Wildman–Crippen MR) is 80.2 cm³/mol. The fourth-order valence-electron chi connectivity index (χ4n) is 2.47. The number of nitrogens with two attached hydrogens (primary N) is 1. The van der Waals surface area contributed by atoms with E-state index in [2.05, 4.69) is 26.7 Å². The highest BCUT2D eigenvalue weighted by molar-refractivity contribution is 5.42. The first kappa shape index (κ1) is 15.0. The van der Waals surface area contributed by atoms with Gasteiger partial charge < -0.3 is 15.4 Å². The minimum Gasteiger partial charge on any atom is -0.481 e. The Kier molecular flexibility index (Phi) is 5.14. The van der Waals surface area contributed by atoms with E-state index in [9.17, 15) is 0 Å². The van der Waals surface area contributed by atoms with Gasteiger partial charge in [0.15, 0.2) is 0 Å². The summed E-state index contributed by atoms with van der Waals surface area (Å²) < 4.78 is 5.21. The molecule has 1 aliphatic heterocycles. The van der Waals surface area contributed by atoms with Crippen LogP contribution in [0.25, 0.3) is 0 Å². The summed E-state index contributed by atoms with van der Waals surface area (Å²) >= 11 is 0. The summed E-state index contributed by atoms with van der Waals surface area (Å²) in [5, 5.41) is 0. The molecule has 112 valence electrons. The van der Waals surface area contributed by atoms with Crippen LogP contribution in [-0.2, 0) is 0 Å². The van der Waals surface area contributed by atoms with Crippen molar-refractivity contribution in [2.75, 3.05) is 51.3 Å². The van der Waals surface area contributed by atoms with Gasteiger partial charge in [0, 0.05) is 38.8 Å². The summed E-state index contributed by atoms with van der Waals surface area (Å²) in [5.41, 5.74) is 5.69. The fourth-order valence-corrected chi connectivity index (χ4v) is 2.47. The highest BCUT2D eigenvalue weighted by atomic mass is 16.5. The number of hydrogen-bond donors (Lipinski definition) is 1. The molecule has 1 aliphatic rings. The lowest BCUT2D eigenvalue weighted by atomic mass is 10.1. The maximum Gasteiger partial charge on any atom is 0.218 e. The molecular formula is C14H25N5O. The third-order valence-electron chi connectivity index (χ3n) is 3.68. The van der Waals surface area contributed by atoms with Crippen molar-refractivity contribution < 1.29 is 4.74 Å². The van der Waals surface area contributed by atoms with Gasteiger partial charge in [0.1, 0.15) is 11.6 Å². The van der Waals surface area contributed by atoms with Crippen molar-refractivity contribution in [2.45, 2.75) is 13.8 Å². The minimum absolute atomic E-state index is 0.558. The zero-order valence-electron chi connectivity index (χ0n) is 12.7. The van der Waals surface area contributed by atoms with Crippen LogP contribution in [0.1, 0.15) is 12.7 Å². The van der Waals surface area contributed by atoms with Crippen LogP contribution < -0.4 is 15.4 Å². The minimum atomic E-state index is 0.558. The van der Waals surface area contributed by atoms with Gasteiger partial charge in [-0.1, -0.05) is 6.92 Å². The number of aryl methyl sites for hydroxylation is 1. The van der Waals surface area contributed by atoms with E-state index in [0.29, 0.717) is 11.8 Å². The second kappa shape index (κ2) is 6.85. The van der Waals surface area contributed by atoms with E-state index >= 15 is 0 Å². The first-order chi connectivity index (χ1) is 9.62. The number of nitrogens with zero attached hydrogens (tertiary/aromatic N) is 4. The van der Waals surface area contributed by atoms with E-state index in [0.717, 1.165) is 50.9 Å². The van der Waals surface area contributed by atoms with Crippen molar-refractivity contribution in [1.82, 2.24) is 14.9 Å². The molecule has 1 aromatic rings. The fraction of sp³-hybridized carbons (Fsp3) is 0.714. The van der Waals surface area contributed by atoms with Gasteiger partial charge in [-0.15, -0.1) is 0 Å². The highest BCUT2D eigenvalue weighted by Crippen LogP contribution is 2.19. The number of rotatable bonds is 5.